The van der Waals surface area contributed by atoms with Crippen LogP contribution in [0.15, 0.2) is 35.9 Å². The number of hydrogen-bond acceptors (Lipinski definition) is 2. The quantitative estimate of drug-likeness (QED) is 0.567. The Balaban J connectivity index is 2.89. The van der Waals surface area contributed by atoms with E-state index in [-0.39, 0.29) is 0 Å². The van der Waals surface area contributed by atoms with Gasteiger partial charge in [0.2, 0.25) is 0 Å². The third-order valence-electron chi connectivity index (χ3n) is 1.69. The van der Waals surface area contributed by atoms with Crippen LogP contribution < -0.4 is 0 Å². The lowest BCUT2D eigenvalue weighted by atomic mass is 10.1. The van der Waals surface area contributed by atoms with Gasteiger partial charge in [0.25, 0.3) is 0 Å². The lowest BCUT2D eigenvalue weighted by Crippen LogP contribution is -2.06. The van der Waals surface area contributed by atoms with E-state index in [1.54, 1.807) is 6.92 Å². The van der Waals surface area contributed by atoms with Crippen molar-refractivity contribution in [2.24, 2.45) is 0 Å². The van der Waals surface area contributed by atoms with E-state index in [0.717, 1.165) is 5.56 Å². The summed E-state index contributed by atoms with van der Waals surface area (Å²) in [4.78, 5) is 11.4. The predicted molar refractivity (Wildman–Crippen MR) is 56.9 cm³/mol. The zero-order chi connectivity index (χ0) is 10.4. The van der Waals surface area contributed by atoms with Gasteiger partial charge in [-0.3, -0.25) is 0 Å². The average molecular weight is 211 g/mol. The Bertz CT molecular complexity index is 330. The first-order valence-corrected chi connectivity index (χ1v) is 4.76. The number of rotatable bonds is 3. The number of hydrogen-bond donors (Lipinski definition) is 0. The molecule has 0 unspecified atom stereocenters. The van der Waals surface area contributed by atoms with E-state index in [1.807, 2.05) is 30.3 Å². The molecule has 0 spiro atoms. The number of benzene rings is 1. The maximum atomic E-state index is 11.4. The van der Waals surface area contributed by atoms with Crippen LogP contribution in [0.1, 0.15) is 12.5 Å². The van der Waals surface area contributed by atoms with Gasteiger partial charge < -0.3 is 4.74 Å². The first-order valence-electron chi connectivity index (χ1n) is 4.32. The Morgan fingerprint density at radius 2 is 2.07 bits per heavy atom. The van der Waals surface area contributed by atoms with Crippen LogP contribution in [0.4, 0.5) is 0 Å². The number of carbonyl (C=O) groups is 1. The van der Waals surface area contributed by atoms with Crippen molar-refractivity contribution in [3.8, 4) is 0 Å². The molecule has 74 valence electrons. The third kappa shape index (κ3) is 2.60. The maximum Gasteiger partial charge on any atom is 0.339 e. The summed E-state index contributed by atoms with van der Waals surface area (Å²) in [5, 5.41) is 0. The van der Waals surface area contributed by atoms with E-state index in [4.69, 9.17) is 16.3 Å². The van der Waals surface area contributed by atoms with Crippen molar-refractivity contribution < 1.29 is 9.53 Å². The van der Waals surface area contributed by atoms with Crippen molar-refractivity contribution >= 4 is 23.1 Å². The van der Waals surface area contributed by atoms with Crippen molar-refractivity contribution in [3.05, 3.63) is 41.4 Å². The molecule has 0 saturated heterocycles. The summed E-state index contributed by atoms with van der Waals surface area (Å²) in [7, 11) is 0. The van der Waals surface area contributed by atoms with Gasteiger partial charge in [0.1, 0.15) is 0 Å². The van der Waals surface area contributed by atoms with Crippen LogP contribution in [0.2, 0.25) is 0 Å². The van der Waals surface area contributed by atoms with Gasteiger partial charge in [-0.2, -0.15) is 0 Å². The average Bonchev–Trinajstić information content (AvgIpc) is 2.21. The SMILES string of the molecule is CCOC(=O)/C(=C/Cl)c1ccccc1. The molecular weight excluding hydrogens is 200 g/mol. The smallest absolute Gasteiger partial charge is 0.339 e. The van der Waals surface area contributed by atoms with Crippen LogP contribution in [0.25, 0.3) is 5.57 Å². The molecule has 0 heterocycles. The molecule has 0 amide bonds. The predicted octanol–water partition coefficient (Wildman–Crippen LogP) is 2.83. The Kier molecular flexibility index (Phi) is 4.20. The van der Waals surface area contributed by atoms with E-state index >= 15 is 0 Å². The second kappa shape index (κ2) is 5.45. The lowest BCUT2D eigenvalue weighted by Gasteiger charge is -2.05. The van der Waals surface area contributed by atoms with Gasteiger partial charge in [-0.25, -0.2) is 4.79 Å². The van der Waals surface area contributed by atoms with Crippen molar-refractivity contribution in [2.45, 2.75) is 6.92 Å². The molecule has 0 radical (unpaired) electrons. The topological polar surface area (TPSA) is 26.3 Å². The summed E-state index contributed by atoms with van der Waals surface area (Å²) in [6, 6.07) is 9.18. The monoisotopic (exact) mass is 210 g/mol. The minimum atomic E-state index is -0.395. The second-order valence-corrected chi connectivity index (χ2v) is 2.83. The summed E-state index contributed by atoms with van der Waals surface area (Å²) in [6.07, 6.45) is 0. The van der Waals surface area contributed by atoms with Crippen molar-refractivity contribution in [1.82, 2.24) is 0 Å². The Labute approximate surface area is 88.1 Å². The molecular formula is C11H11ClO2. The van der Waals surface area contributed by atoms with Gasteiger partial charge in [-0.05, 0) is 12.5 Å². The molecule has 0 atom stereocenters. The minimum Gasteiger partial charge on any atom is -0.462 e. The second-order valence-electron chi connectivity index (χ2n) is 2.61. The van der Waals surface area contributed by atoms with Gasteiger partial charge >= 0.3 is 5.97 Å². The summed E-state index contributed by atoms with van der Waals surface area (Å²) < 4.78 is 4.86. The zero-order valence-corrected chi connectivity index (χ0v) is 8.62. The van der Waals surface area contributed by atoms with E-state index in [1.165, 1.54) is 5.54 Å². The molecule has 0 aliphatic heterocycles. The summed E-state index contributed by atoms with van der Waals surface area (Å²) in [5.74, 6) is -0.395. The molecule has 0 aromatic heterocycles. The molecule has 0 aliphatic carbocycles. The van der Waals surface area contributed by atoms with Crippen LogP contribution in [-0.2, 0) is 9.53 Å². The van der Waals surface area contributed by atoms with Crippen molar-refractivity contribution in [2.75, 3.05) is 6.61 Å². The van der Waals surface area contributed by atoms with Crippen molar-refractivity contribution in [3.63, 3.8) is 0 Å². The van der Waals surface area contributed by atoms with Crippen LogP contribution in [0.3, 0.4) is 0 Å². The highest BCUT2D eigenvalue weighted by Gasteiger charge is 2.11. The molecule has 14 heavy (non-hydrogen) atoms. The fourth-order valence-corrected chi connectivity index (χ4v) is 1.27. The van der Waals surface area contributed by atoms with Crippen molar-refractivity contribution in [1.29, 1.82) is 0 Å². The van der Waals surface area contributed by atoms with Crippen LogP contribution in [0.5, 0.6) is 0 Å². The zero-order valence-electron chi connectivity index (χ0n) is 7.87. The fourth-order valence-electron chi connectivity index (χ4n) is 1.05. The normalized spacial score (nSPS) is 11.1. The molecule has 2 nitrogen and oxygen atoms in total. The third-order valence-corrected chi connectivity index (χ3v) is 1.91. The molecule has 0 aliphatic rings. The molecule has 1 aromatic rings. The largest absolute Gasteiger partial charge is 0.462 e. The molecule has 3 heteroatoms. The van der Waals surface area contributed by atoms with Crippen LogP contribution in [-0.4, -0.2) is 12.6 Å². The van der Waals surface area contributed by atoms with E-state index in [0.29, 0.717) is 12.2 Å². The van der Waals surface area contributed by atoms with E-state index < -0.39 is 5.97 Å². The standard InChI is InChI=1S/C11H11ClO2/c1-2-14-11(13)10(8-12)9-6-4-3-5-7-9/h3-8H,2H2,1H3/b10-8+. The molecule has 0 saturated carbocycles. The van der Waals surface area contributed by atoms with Gasteiger partial charge in [-0.15, -0.1) is 0 Å². The number of halogens is 1. The number of esters is 1. The summed E-state index contributed by atoms with van der Waals surface area (Å²) >= 11 is 5.57. The van der Waals surface area contributed by atoms with Gasteiger partial charge in [0, 0.05) is 5.54 Å². The van der Waals surface area contributed by atoms with Gasteiger partial charge in [0.05, 0.1) is 12.2 Å². The highest BCUT2D eigenvalue weighted by atomic mass is 35.5. The van der Waals surface area contributed by atoms with Gasteiger partial charge in [-0.1, -0.05) is 41.9 Å². The number of ether oxygens (including phenoxy) is 1. The van der Waals surface area contributed by atoms with E-state index in [9.17, 15) is 4.79 Å². The molecule has 1 aromatic carbocycles. The molecule has 0 N–H and O–H groups in total. The van der Waals surface area contributed by atoms with E-state index in [2.05, 4.69) is 0 Å². The summed E-state index contributed by atoms with van der Waals surface area (Å²) in [6.45, 7) is 2.11. The molecule has 1 rings (SSSR count). The first-order chi connectivity index (χ1) is 6.79. The first kappa shape index (κ1) is 10.8. The highest BCUT2D eigenvalue weighted by Crippen LogP contribution is 2.16. The molecule has 0 fully saturated rings. The van der Waals surface area contributed by atoms with Gasteiger partial charge in [0.15, 0.2) is 0 Å². The molecule has 0 bridgehead atoms. The minimum absolute atomic E-state index is 0.347. The highest BCUT2D eigenvalue weighted by molar-refractivity contribution is 6.34. The maximum absolute atomic E-state index is 11.4. The van der Waals surface area contributed by atoms with Crippen LogP contribution >= 0.6 is 11.6 Å². The fraction of sp³-hybridized carbons (Fsp3) is 0.182. The summed E-state index contributed by atoms with van der Waals surface area (Å²) in [5.41, 5.74) is 2.39. The Hall–Kier alpha value is -1.28. The van der Waals surface area contributed by atoms with Crippen LogP contribution in [0, 0.1) is 0 Å². The lowest BCUT2D eigenvalue weighted by molar-refractivity contribution is -0.136. The number of carbonyl (C=O) groups excluding carboxylic acids is 1. The Morgan fingerprint density at radius 3 is 2.57 bits per heavy atom. The Morgan fingerprint density at radius 1 is 1.43 bits per heavy atom.